The number of thioether (sulfide) groups is 1. The van der Waals surface area contributed by atoms with Crippen LogP contribution < -0.4 is 5.32 Å². The van der Waals surface area contributed by atoms with Crippen molar-refractivity contribution in [3.63, 3.8) is 0 Å². The number of likely N-dealkylation sites (tertiary alicyclic amines) is 1. The third kappa shape index (κ3) is 7.00. The number of halogens is 3. The normalized spacial score (nSPS) is 15.3. The van der Waals surface area contributed by atoms with Gasteiger partial charge < -0.3 is 15.0 Å². The van der Waals surface area contributed by atoms with E-state index >= 15 is 0 Å². The van der Waals surface area contributed by atoms with Crippen molar-refractivity contribution in [3.8, 4) is 0 Å². The lowest BCUT2D eigenvalue weighted by Gasteiger charge is -2.50. The highest BCUT2D eigenvalue weighted by Gasteiger charge is 2.49. The Bertz CT molecular complexity index is 1360. The fraction of sp³-hybridized carbons (Fsp3) is 0.333. The van der Waals surface area contributed by atoms with Crippen LogP contribution in [0.1, 0.15) is 49.9 Å². The van der Waals surface area contributed by atoms with Crippen molar-refractivity contribution in [3.05, 3.63) is 99.5 Å². The Hall–Kier alpha value is -2.91. The van der Waals surface area contributed by atoms with Crippen LogP contribution in [0.25, 0.3) is 0 Å². The van der Waals surface area contributed by atoms with E-state index in [2.05, 4.69) is 21.2 Å². The van der Waals surface area contributed by atoms with Gasteiger partial charge in [-0.15, -0.1) is 11.8 Å². The fourth-order valence-corrected chi connectivity index (χ4v) is 5.49. The molecule has 0 radical (unpaired) electrons. The summed E-state index contributed by atoms with van der Waals surface area (Å²) in [6, 6.07) is 17.4. The first-order valence-corrected chi connectivity index (χ1v) is 14.5. The number of nitrogens with one attached hydrogen (secondary N) is 1. The molecule has 3 aromatic carbocycles. The second-order valence-electron chi connectivity index (χ2n) is 10.7. The quantitative estimate of drug-likeness (QED) is 0.284. The van der Waals surface area contributed by atoms with E-state index in [-0.39, 0.29) is 31.0 Å². The van der Waals surface area contributed by atoms with Gasteiger partial charge in [0.1, 0.15) is 17.2 Å². The van der Waals surface area contributed by atoms with E-state index in [4.69, 9.17) is 4.74 Å². The van der Waals surface area contributed by atoms with Crippen molar-refractivity contribution < 1.29 is 23.1 Å². The molecule has 0 aliphatic carbocycles. The third-order valence-electron chi connectivity index (χ3n) is 6.60. The molecule has 0 bridgehead atoms. The molecule has 0 saturated carbocycles. The van der Waals surface area contributed by atoms with Gasteiger partial charge in [0.15, 0.2) is 0 Å². The zero-order chi connectivity index (χ0) is 28.4. The van der Waals surface area contributed by atoms with E-state index in [0.29, 0.717) is 5.56 Å². The highest BCUT2D eigenvalue weighted by atomic mass is 79.9. The summed E-state index contributed by atoms with van der Waals surface area (Å²) in [5.74, 6) is -1.55. The van der Waals surface area contributed by atoms with Gasteiger partial charge >= 0.3 is 6.09 Å². The van der Waals surface area contributed by atoms with Crippen molar-refractivity contribution in [2.45, 2.75) is 49.1 Å². The lowest BCUT2D eigenvalue weighted by Crippen LogP contribution is -2.63. The first-order valence-electron chi connectivity index (χ1n) is 12.5. The molecule has 1 atom stereocenters. The number of rotatable bonds is 7. The highest BCUT2D eigenvalue weighted by molar-refractivity contribution is 9.10. The Labute approximate surface area is 240 Å². The van der Waals surface area contributed by atoms with E-state index in [9.17, 15) is 18.4 Å². The minimum Gasteiger partial charge on any atom is -0.444 e. The van der Waals surface area contributed by atoms with Gasteiger partial charge in [0.2, 0.25) is 5.91 Å². The number of nitrogens with zero attached hydrogens (tertiary/aromatic N) is 1. The van der Waals surface area contributed by atoms with Crippen molar-refractivity contribution >= 4 is 39.7 Å². The lowest BCUT2D eigenvalue weighted by atomic mass is 9.71. The van der Waals surface area contributed by atoms with Gasteiger partial charge in [0, 0.05) is 39.9 Å². The molecular weight excluding hydrogens is 586 g/mol. The van der Waals surface area contributed by atoms with E-state index in [0.717, 1.165) is 33.1 Å². The Morgan fingerprint density at radius 3 is 2.41 bits per heavy atom. The summed E-state index contributed by atoms with van der Waals surface area (Å²) in [5, 5.41) is 2.96. The van der Waals surface area contributed by atoms with Crippen LogP contribution >= 0.6 is 27.7 Å². The Balaban J connectivity index is 1.63. The molecule has 1 fully saturated rings. The van der Waals surface area contributed by atoms with E-state index in [1.54, 1.807) is 31.7 Å². The molecule has 1 saturated heterocycles. The van der Waals surface area contributed by atoms with Crippen molar-refractivity contribution in [1.29, 1.82) is 0 Å². The number of amides is 2. The van der Waals surface area contributed by atoms with Crippen LogP contribution in [-0.4, -0.2) is 41.8 Å². The van der Waals surface area contributed by atoms with Crippen LogP contribution in [0.4, 0.5) is 13.6 Å². The maximum absolute atomic E-state index is 14.9. The molecule has 3 aromatic rings. The smallest absolute Gasteiger partial charge is 0.410 e. The molecule has 2 amide bonds. The summed E-state index contributed by atoms with van der Waals surface area (Å²) >= 11 is 4.96. The third-order valence-corrected chi connectivity index (χ3v) is 7.85. The van der Waals surface area contributed by atoms with Crippen molar-refractivity contribution in [2.75, 3.05) is 19.3 Å². The average molecular weight is 618 g/mol. The number of carbonyl (C=O) groups is 2. The van der Waals surface area contributed by atoms with Crippen LogP contribution in [0.5, 0.6) is 0 Å². The molecule has 39 heavy (non-hydrogen) atoms. The molecule has 206 valence electrons. The lowest BCUT2D eigenvalue weighted by molar-refractivity contribution is -0.124. The summed E-state index contributed by atoms with van der Waals surface area (Å²) in [6.45, 7) is 5.99. The van der Waals surface area contributed by atoms with E-state index in [1.807, 2.05) is 48.7 Å². The highest BCUT2D eigenvalue weighted by Crippen LogP contribution is 2.40. The average Bonchev–Trinajstić information content (AvgIpc) is 2.85. The van der Waals surface area contributed by atoms with Gasteiger partial charge in [0.05, 0.1) is 6.04 Å². The second kappa shape index (κ2) is 11.7. The van der Waals surface area contributed by atoms with Crippen LogP contribution in [0.3, 0.4) is 0 Å². The standard InChI is InChI=1S/C30H31BrF2N2O3S/c1-29(2,3)38-28(37)35-17-30(18-35,20-8-10-21(31)11-9-20)16-26(36)34-27(19-6-5-7-23(14-19)39-4)24-15-22(32)12-13-25(24)33/h5-15,27H,16-18H2,1-4H3,(H,34,36). The first-order chi connectivity index (χ1) is 18.4. The minimum absolute atomic E-state index is 0.0447. The van der Waals surface area contributed by atoms with Gasteiger partial charge in [0.25, 0.3) is 0 Å². The van der Waals surface area contributed by atoms with Crippen LogP contribution in [-0.2, 0) is 14.9 Å². The molecule has 1 aliphatic heterocycles. The molecule has 1 heterocycles. The maximum atomic E-state index is 14.9. The van der Waals surface area contributed by atoms with Crippen LogP contribution in [0.15, 0.2) is 76.1 Å². The van der Waals surface area contributed by atoms with Crippen LogP contribution in [0, 0.1) is 11.6 Å². The van der Waals surface area contributed by atoms with Crippen molar-refractivity contribution in [2.24, 2.45) is 0 Å². The largest absolute Gasteiger partial charge is 0.444 e. The molecule has 0 spiro atoms. The summed E-state index contributed by atoms with van der Waals surface area (Å²) in [6.07, 6.45) is 1.53. The van der Waals surface area contributed by atoms with Crippen molar-refractivity contribution in [1.82, 2.24) is 10.2 Å². The predicted octanol–water partition coefficient (Wildman–Crippen LogP) is 7.23. The first kappa shape index (κ1) is 29.1. The molecule has 1 aliphatic rings. The van der Waals surface area contributed by atoms with E-state index in [1.165, 1.54) is 11.8 Å². The number of benzene rings is 3. The Kier molecular flexibility index (Phi) is 8.71. The summed E-state index contributed by atoms with van der Waals surface area (Å²) in [7, 11) is 0. The molecule has 1 unspecified atom stereocenters. The summed E-state index contributed by atoms with van der Waals surface area (Å²) < 4.78 is 35.6. The van der Waals surface area contributed by atoms with Gasteiger partial charge in [-0.05, 0) is 80.6 Å². The Morgan fingerprint density at radius 2 is 1.77 bits per heavy atom. The minimum atomic E-state index is -0.899. The van der Waals surface area contributed by atoms with Gasteiger partial charge in [-0.25, -0.2) is 13.6 Å². The summed E-state index contributed by atoms with van der Waals surface area (Å²) in [4.78, 5) is 28.8. The zero-order valence-corrected chi connectivity index (χ0v) is 24.7. The molecule has 9 heteroatoms. The molecule has 4 rings (SSSR count). The molecule has 0 aromatic heterocycles. The molecule has 5 nitrogen and oxygen atoms in total. The number of ether oxygens (including phenoxy) is 1. The SMILES string of the molecule is CSc1cccc(C(NC(=O)CC2(c3ccc(Br)cc3)CN(C(=O)OC(C)(C)C)C2)c2cc(F)ccc2F)c1. The topological polar surface area (TPSA) is 58.6 Å². The summed E-state index contributed by atoms with van der Waals surface area (Å²) in [5.41, 5.74) is 0.286. The zero-order valence-electron chi connectivity index (χ0n) is 22.3. The predicted molar refractivity (Wildman–Crippen MR) is 153 cm³/mol. The maximum Gasteiger partial charge on any atom is 0.410 e. The fourth-order valence-electron chi connectivity index (χ4n) is 4.76. The number of hydrogen-bond acceptors (Lipinski definition) is 4. The molecule has 1 N–H and O–H groups in total. The van der Waals surface area contributed by atoms with Crippen LogP contribution in [0.2, 0.25) is 0 Å². The van der Waals surface area contributed by atoms with Gasteiger partial charge in [-0.3, -0.25) is 4.79 Å². The van der Waals surface area contributed by atoms with Gasteiger partial charge in [-0.2, -0.15) is 0 Å². The Morgan fingerprint density at radius 1 is 1.08 bits per heavy atom. The number of hydrogen-bond donors (Lipinski definition) is 1. The monoisotopic (exact) mass is 616 g/mol. The van der Waals surface area contributed by atoms with E-state index < -0.39 is 34.8 Å². The molecular formula is C30H31BrF2N2O3S. The number of carbonyl (C=O) groups excluding carboxylic acids is 2. The van der Waals surface area contributed by atoms with Gasteiger partial charge in [-0.1, -0.05) is 40.2 Å². The second-order valence-corrected chi connectivity index (χ2v) is 12.5.